The Hall–Kier alpha value is -2.95. The van der Waals surface area contributed by atoms with Crippen LogP contribution in [0.1, 0.15) is 12.5 Å². The number of fused-ring (bicyclic) bond motifs is 1. The van der Waals surface area contributed by atoms with Crippen LogP contribution in [0.2, 0.25) is 0 Å². The molecule has 0 aliphatic carbocycles. The number of aryl methyl sites for hydroxylation is 1. The molecule has 116 valence electrons. The van der Waals surface area contributed by atoms with Crippen molar-refractivity contribution >= 4 is 17.0 Å². The molecule has 0 saturated heterocycles. The molecule has 3 rings (SSSR count). The van der Waals surface area contributed by atoms with Gasteiger partial charge in [0.2, 0.25) is 0 Å². The molecule has 0 N–H and O–H groups in total. The van der Waals surface area contributed by atoms with Gasteiger partial charge in [-0.3, -0.25) is 9.36 Å². The summed E-state index contributed by atoms with van der Waals surface area (Å²) >= 11 is 0. The summed E-state index contributed by atoms with van der Waals surface area (Å²) in [4.78, 5) is 28.2. The minimum Gasteiger partial charge on any atom is -0.425 e. The second-order valence-electron chi connectivity index (χ2n) is 5.14. The monoisotopic (exact) mass is 308 g/mol. The van der Waals surface area contributed by atoms with Crippen LogP contribution in [0.15, 0.2) is 59.5 Å². The molecule has 0 spiro atoms. The Bertz CT molecular complexity index is 898. The van der Waals surface area contributed by atoms with Gasteiger partial charge in [-0.25, -0.2) is 9.78 Å². The summed E-state index contributed by atoms with van der Waals surface area (Å²) in [5.74, 6) is -0.0219. The first-order valence-electron chi connectivity index (χ1n) is 7.41. The summed E-state index contributed by atoms with van der Waals surface area (Å²) in [5.41, 5.74) is 2.11. The standard InChI is InChI=1S/C18H16N2O3/c1-2-13-7-9-14(10-8-13)23-18(22)12-20-16-6-4-3-5-15(16)19-11-17(20)21/h3-11H,2,12H2,1H3. The van der Waals surface area contributed by atoms with E-state index in [-0.39, 0.29) is 12.1 Å². The van der Waals surface area contributed by atoms with E-state index in [4.69, 9.17) is 4.74 Å². The van der Waals surface area contributed by atoms with Gasteiger partial charge in [-0.15, -0.1) is 0 Å². The van der Waals surface area contributed by atoms with E-state index in [0.717, 1.165) is 6.42 Å². The van der Waals surface area contributed by atoms with E-state index in [0.29, 0.717) is 16.8 Å². The van der Waals surface area contributed by atoms with Gasteiger partial charge in [-0.05, 0) is 36.2 Å². The zero-order chi connectivity index (χ0) is 16.2. The lowest BCUT2D eigenvalue weighted by Gasteiger charge is -2.09. The van der Waals surface area contributed by atoms with Crippen LogP contribution >= 0.6 is 0 Å². The number of carbonyl (C=O) groups excluding carboxylic acids is 1. The molecule has 0 aliphatic rings. The average Bonchev–Trinajstić information content (AvgIpc) is 2.58. The lowest BCUT2D eigenvalue weighted by Crippen LogP contribution is -2.26. The largest absolute Gasteiger partial charge is 0.425 e. The van der Waals surface area contributed by atoms with Crippen molar-refractivity contribution in [2.45, 2.75) is 19.9 Å². The molecule has 2 aromatic carbocycles. The molecule has 0 radical (unpaired) electrons. The van der Waals surface area contributed by atoms with Crippen molar-refractivity contribution in [3.8, 4) is 5.75 Å². The van der Waals surface area contributed by atoms with Gasteiger partial charge < -0.3 is 4.74 Å². The molecule has 23 heavy (non-hydrogen) atoms. The first-order valence-corrected chi connectivity index (χ1v) is 7.41. The predicted octanol–water partition coefficient (Wildman–Crippen LogP) is 2.56. The zero-order valence-corrected chi connectivity index (χ0v) is 12.7. The Kier molecular flexibility index (Phi) is 4.19. The van der Waals surface area contributed by atoms with Crippen LogP contribution in [0.25, 0.3) is 11.0 Å². The van der Waals surface area contributed by atoms with Crippen molar-refractivity contribution < 1.29 is 9.53 Å². The Labute approximate surface area is 133 Å². The molecule has 1 heterocycles. The third kappa shape index (κ3) is 3.29. The van der Waals surface area contributed by atoms with Gasteiger partial charge in [-0.2, -0.15) is 0 Å². The number of carbonyl (C=O) groups is 1. The molecule has 0 atom stereocenters. The van der Waals surface area contributed by atoms with Crippen LogP contribution in [0.5, 0.6) is 5.75 Å². The third-order valence-corrected chi connectivity index (χ3v) is 3.60. The zero-order valence-electron chi connectivity index (χ0n) is 12.7. The maximum Gasteiger partial charge on any atom is 0.331 e. The predicted molar refractivity (Wildman–Crippen MR) is 87.5 cm³/mol. The van der Waals surface area contributed by atoms with E-state index in [1.165, 1.54) is 16.3 Å². The van der Waals surface area contributed by atoms with Gasteiger partial charge in [0.05, 0.1) is 17.2 Å². The van der Waals surface area contributed by atoms with Crippen molar-refractivity contribution in [1.82, 2.24) is 9.55 Å². The van der Waals surface area contributed by atoms with Crippen molar-refractivity contribution in [2.24, 2.45) is 0 Å². The fraction of sp³-hybridized carbons (Fsp3) is 0.167. The number of benzene rings is 2. The summed E-state index contributed by atoms with van der Waals surface area (Å²) in [6.45, 7) is 1.90. The van der Waals surface area contributed by atoms with Gasteiger partial charge in [0.1, 0.15) is 12.3 Å². The van der Waals surface area contributed by atoms with Crippen molar-refractivity contribution in [3.05, 3.63) is 70.6 Å². The summed E-state index contributed by atoms with van der Waals surface area (Å²) in [5, 5.41) is 0. The van der Waals surface area contributed by atoms with Crippen LogP contribution < -0.4 is 10.3 Å². The molecule has 0 amide bonds. The molecule has 1 aromatic heterocycles. The fourth-order valence-electron chi connectivity index (χ4n) is 2.36. The van der Waals surface area contributed by atoms with Crippen molar-refractivity contribution in [2.75, 3.05) is 0 Å². The molecule has 0 aliphatic heterocycles. The van der Waals surface area contributed by atoms with E-state index >= 15 is 0 Å². The van der Waals surface area contributed by atoms with Crippen LogP contribution in [0, 0.1) is 0 Å². The summed E-state index contributed by atoms with van der Waals surface area (Å²) in [7, 11) is 0. The van der Waals surface area contributed by atoms with Gasteiger partial charge >= 0.3 is 5.97 Å². The third-order valence-electron chi connectivity index (χ3n) is 3.60. The average molecular weight is 308 g/mol. The van der Waals surface area contributed by atoms with Crippen LogP contribution in [-0.4, -0.2) is 15.5 Å². The number of nitrogens with zero attached hydrogens (tertiary/aromatic N) is 2. The van der Waals surface area contributed by atoms with Crippen molar-refractivity contribution in [3.63, 3.8) is 0 Å². The summed E-state index contributed by atoms with van der Waals surface area (Å²) in [6, 6.07) is 14.5. The summed E-state index contributed by atoms with van der Waals surface area (Å²) < 4.78 is 6.67. The Morgan fingerprint density at radius 1 is 1.13 bits per heavy atom. The second-order valence-corrected chi connectivity index (χ2v) is 5.14. The molecule has 5 nitrogen and oxygen atoms in total. The van der Waals surface area contributed by atoms with E-state index in [1.54, 1.807) is 30.3 Å². The highest BCUT2D eigenvalue weighted by molar-refractivity contribution is 5.78. The first-order chi connectivity index (χ1) is 11.2. The quantitative estimate of drug-likeness (QED) is 0.549. The van der Waals surface area contributed by atoms with E-state index < -0.39 is 5.97 Å². The molecular formula is C18H16N2O3. The fourth-order valence-corrected chi connectivity index (χ4v) is 2.36. The van der Waals surface area contributed by atoms with E-state index in [1.807, 2.05) is 18.2 Å². The van der Waals surface area contributed by atoms with Gasteiger partial charge in [0.25, 0.3) is 5.56 Å². The highest BCUT2D eigenvalue weighted by Gasteiger charge is 2.10. The SMILES string of the molecule is CCc1ccc(OC(=O)Cn2c(=O)cnc3ccccc32)cc1. The molecule has 0 bridgehead atoms. The van der Waals surface area contributed by atoms with Gasteiger partial charge in [0, 0.05) is 0 Å². The molecule has 0 saturated carbocycles. The van der Waals surface area contributed by atoms with Crippen LogP contribution in [0.3, 0.4) is 0 Å². The molecule has 0 unspecified atom stereocenters. The Morgan fingerprint density at radius 2 is 1.87 bits per heavy atom. The molecular weight excluding hydrogens is 292 g/mol. The number of aromatic nitrogens is 2. The van der Waals surface area contributed by atoms with Gasteiger partial charge in [-0.1, -0.05) is 31.2 Å². The molecule has 5 heteroatoms. The minimum atomic E-state index is -0.493. The lowest BCUT2D eigenvalue weighted by atomic mass is 10.2. The highest BCUT2D eigenvalue weighted by atomic mass is 16.5. The summed E-state index contributed by atoms with van der Waals surface area (Å²) in [6.07, 6.45) is 2.14. The number of rotatable bonds is 4. The number of hydrogen-bond acceptors (Lipinski definition) is 4. The number of esters is 1. The number of ether oxygens (including phenoxy) is 1. The molecule has 0 fully saturated rings. The van der Waals surface area contributed by atoms with E-state index in [9.17, 15) is 9.59 Å². The number of hydrogen-bond donors (Lipinski definition) is 0. The van der Waals surface area contributed by atoms with Crippen molar-refractivity contribution in [1.29, 1.82) is 0 Å². The normalized spacial score (nSPS) is 10.7. The van der Waals surface area contributed by atoms with E-state index in [2.05, 4.69) is 11.9 Å². The van der Waals surface area contributed by atoms with Gasteiger partial charge in [0.15, 0.2) is 0 Å². The lowest BCUT2D eigenvalue weighted by molar-refractivity contribution is -0.135. The second kappa shape index (κ2) is 6.44. The number of para-hydroxylation sites is 2. The van der Waals surface area contributed by atoms with Crippen LogP contribution in [-0.2, 0) is 17.8 Å². The molecule has 3 aromatic rings. The Morgan fingerprint density at radius 3 is 2.61 bits per heavy atom. The maximum atomic E-state index is 12.1. The topological polar surface area (TPSA) is 61.2 Å². The first kappa shape index (κ1) is 15.0. The Balaban J connectivity index is 1.82. The minimum absolute atomic E-state index is 0.155. The van der Waals surface area contributed by atoms with Crippen LogP contribution in [0.4, 0.5) is 0 Å². The smallest absolute Gasteiger partial charge is 0.331 e. The maximum absolute atomic E-state index is 12.1. The highest BCUT2D eigenvalue weighted by Crippen LogP contribution is 2.13.